The Balaban J connectivity index is 1.90. The molecule has 7 heteroatoms. The Morgan fingerprint density at radius 2 is 2.16 bits per heavy atom. The van der Waals surface area contributed by atoms with Gasteiger partial charge in [-0.25, -0.2) is 15.0 Å². The maximum Gasteiger partial charge on any atom is 0.202 e. The van der Waals surface area contributed by atoms with Gasteiger partial charge in [0.25, 0.3) is 0 Å². The van der Waals surface area contributed by atoms with Crippen molar-refractivity contribution in [1.29, 1.82) is 0 Å². The molecule has 0 amide bonds. The summed E-state index contributed by atoms with van der Waals surface area (Å²) in [5, 5.41) is 4.24. The second kappa shape index (κ2) is 4.34. The monoisotopic (exact) mass is 257 g/mol. The van der Waals surface area contributed by atoms with Gasteiger partial charge in [0.15, 0.2) is 11.5 Å². The van der Waals surface area contributed by atoms with Gasteiger partial charge in [-0.2, -0.15) is 5.10 Å². The van der Waals surface area contributed by atoms with Gasteiger partial charge < -0.3 is 5.73 Å². The van der Waals surface area contributed by atoms with E-state index in [9.17, 15) is 0 Å². The Kier molecular flexibility index (Phi) is 2.66. The molecule has 2 N–H and O–H groups in total. The predicted molar refractivity (Wildman–Crippen MR) is 71.4 cm³/mol. The van der Waals surface area contributed by atoms with Crippen LogP contribution in [0.5, 0.6) is 0 Å². The van der Waals surface area contributed by atoms with E-state index in [2.05, 4.69) is 20.1 Å². The standard InChI is InChI=1S/C12H15N7/c1-8-5-9-11(14-6-8)19(12(13)16-9)4-3-10-15-7-18(2)17-10/h5-7H,3-4H2,1-2H3,(H2,13,16). The molecular formula is C12H15N7. The van der Waals surface area contributed by atoms with Crippen LogP contribution in [0.1, 0.15) is 11.4 Å². The Labute approximate surface area is 110 Å². The van der Waals surface area contributed by atoms with E-state index in [1.165, 1.54) is 0 Å². The van der Waals surface area contributed by atoms with Crippen LogP contribution in [0.2, 0.25) is 0 Å². The molecule has 3 aromatic heterocycles. The van der Waals surface area contributed by atoms with Gasteiger partial charge in [-0.1, -0.05) is 0 Å². The van der Waals surface area contributed by atoms with Gasteiger partial charge in [0.2, 0.25) is 5.95 Å². The molecule has 0 saturated heterocycles. The second-order valence-corrected chi connectivity index (χ2v) is 4.56. The number of nitrogen functional groups attached to an aromatic ring is 1. The Hall–Kier alpha value is -2.44. The largest absolute Gasteiger partial charge is 0.369 e. The second-order valence-electron chi connectivity index (χ2n) is 4.56. The first-order chi connectivity index (χ1) is 9.13. The molecule has 19 heavy (non-hydrogen) atoms. The van der Waals surface area contributed by atoms with E-state index in [4.69, 9.17) is 5.73 Å². The average molecular weight is 257 g/mol. The number of rotatable bonds is 3. The zero-order chi connectivity index (χ0) is 13.4. The lowest BCUT2D eigenvalue weighted by molar-refractivity contribution is 0.674. The minimum atomic E-state index is 0.476. The van der Waals surface area contributed by atoms with Crippen LogP contribution in [0.15, 0.2) is 18.6 Å². The van der Waals surface area contributed by atoms with Gasteiger partial charge in [-0.05, 0) is 18.6 Å². The van der Waals surface area contributed by atoms with E-state index in [0.717, 1.165) is 22.6 Å². The van der Waals surface area contributed by atoms with Crippen molar-refractivity contribution in [2.24, 2.45) is 7.05 Å². The smallest absolute Gasteiger partial charge is 0.202 e. The summed E-state index contributed by atoms with van der Waals surface area (Å²) in [6, 6.07) is 1.98. The molecule has 0 fully saturated rings. The summed E-state index contributed by atoms with van der Waals surface area (Å²) in [7, 11) is 1.85. The number of hydrogen-bond acceptors (Lipinski definition) is 5. The summed E-state index contributed by atoms with van der Waals surface area (Å²) in [5.41, 5.74) is 8.64. The van der Waals surface area contributed by atoms with Crippen LogP contribution >= 0.6 is 0 Å². The third-order valence-corrected chi connectivity index (χ3v) is 2.96. The van der Waals surface area contributed by atoms with Crippen molar-refractivity contribution >= 4 is 17.1 Å². The van der Waals surface area contributed by atoms with Crippen molar-refractivity contribution < 1.29 is 0 Å². The van der Waals surface area contributed by atoms with Crippen LogP contribution in [-0.2, 0) is 20.0 Å². The molecule has 7 nitrogen and oxygen atoms in total. The zero-order valence-corrected chi connectivity index (χ0v) is 10.9. The Bertz CT molecular complexity index is 725. The summed E-state index contributed by atoms with van der Waals surface area (Å²) in [5.74, 6) is 1.26. The van der Waals surface area contributed by atoms with Gasteiger partial charge in [-0.3, -0.25) is 9.25 Å². The molecule has 0 aliphatic heterocycles. The quantitative estimate of drug-likeness (QED) is 0.746. The van der Waals surface area contributed by atoms with Crippen molar-refractivity contribution in [2.45, 2.75) is 19.9 Å². The summed E-state index contributed by atoms with van der Waals surface area (Å²) >= 11 is 0. The average Bonchev–Trinajstić information content (AvgIpc) is 2.89. The molecule has 0 bridgehead atoms. The van der Waals surface area contributed by atoms with E-state index in [-0.39, 0.29) is 0 Å². The first kappa shape index (κ1) is 11.6. The number of aromatic nitrogens is 6. The van der Waals surface area contributed by atoms with Crippen molar-refractivity contribution in [3.05, 3.63) is 30.0 Å². The van der Waals surface area contributed by atoms with E-state index in [0.29, 0.717) is 18.9 Å². The lowest BCUT2D eigenvalue weighted by Crippen LogP contribution is -2.07. The van der Waals surface area contributed by atoms with Gasteiger partial charge in [0, 0.05) is 26.2 Å². The SMILES string of the molecule is Cc1cnc2c(c1)nc(N)n2CCc1ncn(C)n1. The Morgan fingerprint density at radius 1 is 1.32 bits per heavy atom. The van der Waals surface area contributed by atoms with Crippen LogP contribution < -0.4 is 5.73 Å². The molecule has 98 valence electrons. The van der Waals surface area contributed by atoms with Crippen LogP contribution in [0.4, 0.5) is 5.95 Å². The van der Waals surface area contributed by atoms with E-state index in [1.54, 1.807) is 11.0 Å². The van der Waals surface area contributed by atoms with Crippen LogP contribution in [0.3, 0.4) is 0 Å². The third-order valence-electron chi connectivity index (χ3n) is 2.96. The summed E-state index contributed by atoms with van der Waals surface area (Å²) < 4.78 is 3.58. The van der Waals surface area contributed by atoms with E-state index < -0.39 is 0 Å². The zero-order valence-electron chi connectivity index (χ0n) is 10.9. The number of pyridine rings is 1. The maximum atomic E-state index is 5.94. The minimum absolute atomic E-state index is 0.476. The molecule has 0 atom stereocenters. The molecular weight excluding hydrogens is 242 g/mol. The van der Waals surface area contributed by atoms with Gasteiger partial charge in [-0.15, -0.1) is 0 Å². The molecule has 0 aliphatic rings. The van der Waals surface area contributed by atoms with Crippen molar-refractivity contribution in [3.8, 4) is 0 Å². The van der Waals surface area contributed by atoms with Crippen molar-refractivity contribution in [2.75, 3.05) is 5.73 Å². The fraction of sp³-hybridized carbons (Fsp3) is 0.333. The molecule has 0 unspecified atom stereocenters. The van der Waals surface area contributed by atoms with E-state index >= 15 is 0 Å². The van der Waals surface area contributed by atoms with E-state index in [1.807, 2.05) is 30.8 Å². The van der Waals surface area contributed by atoms with Gasteiger partial charge in [0.1, 0.15) is 11.8 Å². The number of anilines is 1. The van der Waals surface area contributed by atoms with Gasteiger partial charge in [0.05, 0.1) is 0 Å². The molecule has 3 rings (SSSR count). The summed E-state index contributed by atoms with van der Waals surface area (Å²) in [6.45, 7) is 2.65. The Morgan fingerprint density at radius 3 is 2.89 bits per heavy atom. The molecule has 0 aromatic carbocycles. The normalized spacial score (nSPS) is 11.3. The molecule has 0 radical (unpaired) electrons. The summed E-state index contributed by atoms with van der Waals surface area (Å²) in [6.07, 6.45) is 4.21. The summed E-state index contributed by atoms with van der Waals surface area (Å²) in [4.78, 5) is 12.9. The van der Waals surface area contributed by atoms with Crippen molar-refractivity contribution in [1.82, 2.24) is 29.3 Å². The number of imidazole rings is 1. The number of aryl methyl sites for hydroxylation is 4. The lowest BCUT2D eigenvalue weighted by Gasteiger charge is -2.03. The fourth-order valence-electron chi connectivity index (χ4n) is 2.06. The maximum absolute atomic E-state index is 5.94. The number of nitrogens with zero attached hydrogens (tertiary/aromatic N) is 6. The topological polar surface area (TPSA) is 87.4 Å². The number of hydrogen-bond donors (Lipinski definition) is 1. The highest BCUT2D eigenvalue weighted by atomic mass is 15.3. The highest BCUT2D eigenvalue weighted by Gasteiger charge is 2.10. The van der Waals surface area contributed by atoms with Crippen molar-refractivity contribution in [3.63, 3.8) is 0 Å². The molecule has 0 aliphatic carbocycles. The first-order valence-corrected chi connectivity index (χ1v) is 6.06. The van der Waals surface area contributed by atoms with Gasteiger partial charge >= 0.3 is 0 Å². The molecule has 0 saturated carbocycles. The highest BCUT2D eigenvalue weighted by Crippen LogP contribution is 2.16. The first-order valence-electron chi connectivity index (χ1n) is 6.06. The highest BCUT2D eigenvalue weighted by molar-refractivity contribution is 5.74. The molecule has 3 heterocycles. The predicted octanol–water partition coefficient (Wildman–Crippen LogP) is 0.693. The third kappa shape index (κ3) is 2.14. The minimum Gasteiger partial charge on any atom is -0.369 e. The van der Waals surface area contributed by atoms with Crippen LogP contribution in [0.25, 0.3) is 11.2 Å². The molecule has 3 aromatic rings. The van der Waals surface area contributed by atoms with Crippen LogP contribution in [0, 0.1) is 6.92 Å². The fourth-order valence-corrected chi connectivity index (χ4v) is 2.06. The molecule has 0 spiro atoms. The lowest BCUT2D eigenvalue weighted by atomic mass is 10.3. The number of nitrogens with two attached hydrogens (primary N) is 1. The van der Waals surface area contributed by atoms with Crippen LogP contribution in [-0.4, -0.2) is 29.3 Å². The number of fused-ring (bicyclic) bond motifs is 1.